The molecular weight excluding hydrogens is 424 g/mol. The summed E-state index contributed by atoms with van der Waals surface area (Å²) in [4.78, 5) is 31.8. The van der Waals surface area contributed by atoms with E-state index in [4.69, 9.17) is 9.47 Å². The Morgan fingerprint density at radius 1 is 0.970 bits per heavy atom. The molecule has 0 fully saturated rings. The molecule has 10 nitrogen and oxygen atoms in total. The van der Waals surface area contributed by atoms with Crippen molar-refractivity contribution in [1.82, 2.24) is 19.7 Å². The van der Waals surface area contributed by atoms with Crippen LogP contribution in [0.3, 0.4) is 0 Å². The van der Waals surface area contributed by atoms with Gasteiger partial charge in [-0.1, -0.05) is 30.3 Å². The number of hydrogen-bond acceptors (Lipinski definition) is 6. The maximum atomic E-state index is 12.8. The number of amides is 2. The first-order chi connectivity index (χ1) is 15.9. The van der Waals surface area contributed by atoms with E-state index in [0.29, 0.717) is 34.4 Å². The van der Waals surface area contributed by atoms with Crippen LogP contribution in [0.4, 0.5) is 16.3 Å². The number of ether oxygens (including phenoxy) is 2. The van der Waals surface area contributed by atoms with Crippen molar-refractivity contribution in [2.45, 2.75) is 6.92 Å². The Morgan fingerprint density at radius 2 is 1.67 bits per heavy atom. The first-order valence-electron chi connectivity index (χ1n) is 10.00. The second-order valence-electron chi connectivity index (χ2n) is 7.08. The van der Waals surface area contributed by atoms with Gasteiger partial charge in [-0.3, -0.25) is 15.1 Å². The Hall–Kier alpha value is -4.60. The molecule has 0 saturated heterocycles. The largest absolute Gasteiger partial charge is 0.497 e. The lowest BCUT2D eigenvalue weighted by molar-refractivity contribution is 0.262. The molecule has 3 N–H and O–H groups in total. The molecule has 2 aromatic carbocycles. The van der Waals surface area contributed by atoms with E-state index >= 15 is 0 Å². The van der Waals surface area contributed by atoms with Gasteiger partial charge in [0.05, 0.1) is 19.9 Å². The number of rotatable bonds is 6. The molecule has 2 heterocycles. The highest BCUT2D eigenvalue weighted by Gasteiger charge is 2.16. The van der Waals surface area contributed by atoms with Crippen LogP contribution in [0.2, 0.25) is 0 Å². The van der Waals surface area contributed by atoms with Crippen LogP contribution in [0.15, 0.2) is 65.5 Å². The van der Waals surface area contributed by atoms with E-state index in [1.54, 1.807) is 31.2 Å². The molecule has 168 valence electrons. The molecule has 4 rings (SSSR count). The Kier molecular flexibility index (Phi) is 6.07. The zero-order chi connectivity index (χ0) is 23.4. The molecular formula is C23H22N6O4. The first kappa shape index (κ1) is 21.6. The predicted octanol–water partition coefficient (Wildman–Crippen LogP) is 3.59. The van der Waals surface area contributed by atoms with Gasteiger partial charge in [-0.15, -0.1) is 0 Å². The highest BCUT2D eigenvalue weighted by atomic mass is 16.5. The monoisotopic (exact) mass is 446 g/mol. The van der Waals surface area contributed by atoms with Crippen molar-refractivity contribution in [3.8, 4) is 28.7 Å². The second kappa shape index (κ2) is 9.27. The normalized spacial score (nSPS) is 10.5. The van der Waals surface area contributed by atoms with E-state index in [2.05, 4.69) is 25.7 Å². The number of aryl methyl sites for hydroxylation is 1. The fourth-order valence-corrected chi connectivity index (χ4v) is 3.20. The number of H-pyrrole nitrogens is 1. The van der Waals surface area contributed by atoms with Gasteiger partial charge in [0.15, 0.2) is 0 Å². The van der Waals surface area contributed by atoms with Gasteiger partial charge >= 0.3 is 6.03 Å². The Balaban J connectivity index is 1.68. The molecule has 0 atom stereocenters. The topological polar surface area (TPSA) is 123 Å². The summed E-state index contributed by atoms with van der Waals surface area (Å²) in [6.45, 7) is 1.70. The third-order valence-electron chi connectivity index (χ3n) is 4.69. The van der Waals surface area contributed by atoms with Gasteiger partial charge in [-0.2, -0.15) is 9.78 Å². The summed E-state index contributed by atoms with van der Waals surface area (Å²) in [6, 6.07) is 17.0. The molecule has 2 amide bonds. The lowest BCUT2D eigenvalue weighted by atomic mass is 10.2. The van der Waals surface area contributed by atoms with Crippen molar-refractivity contribution in [2.24, 2.45) is 0 Å². The minimum Gasteiger partial charge on any atom is -0.497 e. The second-order valence-corrected chi connectivity index (χ2v) is 7.08. The van der Waals surface area contributed by atoms with Crippen LogP contribution in [0.1, 0.15) is 5.69 Å². The summed E-state index contributed by atoms with van der Waals surface area (Å²) < 4.78 is 11.9. The van der Waals surface area contributed by atoms with Gasteiger partial charge in [0.25, 0.3) is 5.56 Å². The van der Waals surface area contributed by atoms with E-state index < -0.39 is 6.03 Å². The van der Waals surface area contributed by atoms with Crippen molar-refractivity contribution in [3.05, 3.63) is 76.7 Å². The van der Waals surface area contributed by atoms with Crippen molar-refractivity contribution in [1.29, 1.82) is 0 Å². The van der Waals surface area contributed by atoms with Gasteiger partial charge in [-0.25, -0.2) is 9.78 Å². The van der Waals surface area contributed by atoms with Gasteiger partial charge in [0.1, 0.15) is 17.3 Å². The van der Waals surface area contributed by atoms with Crippen LogP contribution < -0.4 is 25.7 Å². The summed E-state index contributed by atoms with van der Waals surface area (Å²) in [5, 5.41) is 10.1. The summed E-state index contributed by atoms with van der Waals surface area (Å²) in [5.41, 5.74) is 2.10. The van der Waals surface area contributed by atoms with Crippen LogP contribution >= 0.6 is 0 Å². The Labute approximate surface area is 189 Å². The number of nitrogens with one attached hydrogen (secondary N) is 3. The van der Waals surface area contributed by atoms with Crippen molar-refractivity contribution >= 4 is 17.5 Å². The number of nitrogens with zero attached hydrogens (tertiary/aromatic N) is 3. The number of aromatic nitrogens is 4. The summed E-state index contributed by atoms with van der Waals surface area (Å²) >= 11 is 0. The highest BCUT2D eigenvalue weighted by Crippen LogP contribution is 2.27. The zero-order valence-corrected chi connectivity index (χ0v) is 18.2. The summed E-state index contributed by atoms with van der Waals surface area (Å²) in [6.07, 6.45) is 0. The number of hydrogen-bond donors (Lipinski definition) is 3. The molecule has 0 saturated carbocycles. The van der Waals surface area contributed by atoms with Crippen LogP contribution in [-0.2, 0) is 0 Å². The number of aromatic amines is 1. The quantitative estimate of drug-likeness (QED) is 0.416. The Morgan fingerprint density at radius 3 is 2.30 bits per heavy atom. The number of urea groups is 1. The van der Waals surface area contributed by atoms with Gasteiger partial charge < -0.3 is 14.8 Å². The van der Waals surface area contributed by atoms with Crippen LogP contribution in [-0.4, -0.2) is 40.0 Å². The average molecular weight is 446 g/mol. The molecule has 0 aliphatic heterocycles. The van der Waals surface area contributed by atoms with E-state index in [9.17, 15) is 9.59 Å². The standard InChI is InChI=1S/C23H22N6O4/c1-14-9-21(30)27-22(24-14)29-20(13-19(28-29)15-7-5-4-6-8-15)26-23(31)25-16-10-17(32-2)12-18(11-16)33-3/h4-13H,1-3H3,(H,24,27,30)(H2,25,26,31). The molecule has 0 aliphatic rings. The minimum absolute atomic E-state index is 0.181. The Bertz CT molecular complexity index is 1320. The third kappa shape index (κ3) is 5.01. The first-order valence-corrected chi connectivity index (χ1v) is 10.00. The van der Waals surface area contributed by atoms with Crippen molar-refractivity contribution < 1.29 is 14.3 Å². The average Bonchev–Trinajstić information content (AvgIpc) is 3.22. The van der Waals surface area contributed by atoms with Gasteiger partial charge in [0, 0.05) is 47.3 Å². The van der Waals surface area contributed by atoms with E-state index in [1.165, 1.54) is 25.0 Å². The molecule has 0 bridgehead atoms. The molecule has 10 heteroatoms. The van der Waals surface area contributed by atoms with Crippen LogP contribution in [0.5, 0.6) is 11.5 Å². The molecule has 2 aromatic heterocycles. The van der Waals surface area contributed by atoms with E-state index in [-0.39, 0.29) is 11.5 Å². The molecule has 0 radical (unpaired) electrons. The van der Waals surface area contributed by atoms with Crippen molar-refractivity contribution in [3.63, 3.8) is 0 Å². The van der Waals surface area contributed by atoms with Gasteiger partial charge in [-0.05, 0) is 6.92 Å². The molecule has 4 aromatic rings. The molecule has 33 heavy (non-hydrogen) atoms. The smallest absolute Gasteiger partial charge is 0.324 e. The van der Waals surface area contributed by atoms with E-state index in [1.807, 2.05) is 30.3 Å². The minimum atomic E-state index is -0.527. The zero-order valence-electron chi connectivity index (χ0n) is 18.2. The lowest BCUT2D eigenvalue weighted by Gasteiger charge is -2.11. The van der Waals surface area contributed by atoms with Crippen molar-refractivity contribution in [2.75, 3.05) is 24.9 Å². The van der Waals surface area contributed by atoms with Crippen LogP contribution in [0.25, 0.3) is 17.2 Å². The number of benzene rings is 2. The SMILES string of the molecule is COc1cc(NC(=O)Nc2cc(-c3ccccc3)nn2-c2nc(C)cc(=O)[nH]2)cc(OC)c1. The predicted molar refractivity (Wildman–Crippen MR) is 124 cm³/mol. The number of carbonyl (C=O) groups excluding carboxylic acids is 1. The fraction of sp³-hybridized carbons (Fsp3) is 0.130. The summed E-state index contributed by atoms with van der Waals surface area (Å²) in [7, 11) is 3.05. The number of methoxy groups -OCH3 is 2. The van der Waals surface area contributed by atoms with E-state index in [0.717, 1.165) is 5.56 Å². The molecule has 0 aliphatic carbocycles. The molecule has 0 unspecified atom stereocenters. The highest BCUT2D eigenvalue weighted by molar-refractivity contribution is 6.00. The third-order valence-corrected chi connectivity index (χ3v) is 4.69. The summed E-state index contributed by atoms with van der Waals surface area (Å²) in [5.74, 6) is 1.56. The maximum absolute atomic E-state index is 12.8. The maximum Gasteiger partial charge on any atom is 0.324 e. The number of carbonyl (C=O) groups is 1. The lowest BCUT2D eigenvalue weighted by Crippen LogP contribution is -2.22. The van der Waals surface area contributed by atoms with Crippen LogP contribution in [0, 0.1) is 6.92 Å². The molecule has 0 spiro atoms. The number of anilines is 2. The van der Waals surface area contributed by atoms with Gasteiger partial charge in [0.2, 0.25) is 5.95 Å². The fourth-order valence-electron chi connectivity index (χ4n) is 3.20.